The largest absolute Gasteiger partial charge is 0.495 e. The van der Waals surface area contributed by atoms with E-state index in [0.29, 0.717) is 5.75 Å². The highest BCUT2D eigenvalue weighted by molar-refractivity contribution is 7.92. The topological polar surface area (TPSA) is 114 Å². The molecule has 0 heterocycles. The van der Waals surface area contributed by atoms with Gasteiger partial charge in [-0.05, 0) is 56.2 Å². The fourth-order valence-electron chi connectivity index (χ4n) is 5.44. The first-order valence-corrected chi connectivity index (χ1v) is 16.7. The van der Waals surface area contributed by atoms with Gasteiger partial charge >= 0.3 is 0 Å². The number of hydrogen-bond donors (Lipinski definition) is 1. The normalized spacial score (nSPS) is 14.2. The highest BCUT2D eigenvalue weighted by atomic mass is 35.5. The van der Waals surface area contributed by atoms with Gasteiger partial charge in [-0.15, -0.1) is 0 Å². The van der Waals surface area contributed by atoms with E-state index >= 15 is 0 Å². The van der Waals surface area contributed by atoms with Crippen LogP contribution in [-0.2, 0) is 26.2 Å². The number of carbonyl (C=O) groups excluding carboxylic acids is 2. The third-order valence-electron chi connectivity index (χ3n) is 8.05. The van der Waals surface area contributed by atoms with Gasteiger partial charge in [-0.2, -0.15) is 0 Å². The molecule has 10 nitrogen and oxygen atoms in total. The Hall–Kier alpha value is -4.03. The first-order chi connectivity index (χ1) is 22.0. The van der Waals surface area contributed by atoms with Crippen molar-refractivity contribution in [3.05, 3.63) is 77.1 Å². The second kappa shape index (κ2) is 15.5. The Morgan fingerprint density at radius 1 is 0.935 bits per heavy atom. The first-order valence-electron chi connectivity index (χ1n) is 14.9. The van der Waals surface area contributed by atoms with Crippen molar-refractivity contribution >= 4 is 39.1 Å². The lowest BCUT2D eigenvalue weighted by molar-refractivity contribution is -0.139. The molecule has 1 unspecified atom stereocenters. The molecule has 3 aromatic carbocycles. The molecule has 1 saturated carbocycles. The van der Waals surface area contributed by atoms with Gasteiger partial charge in [0, 0.05) is 29.2 Å². The molecular weight excluding hydrogens is 637 g/mol. The molecule has 46 heavy (non-hydrogen) atoms. The number of benzene rings is 3. The number of amides is 2. The predicted octanol–water partition coefficient (Wildman–Crippen LogP) is 5.57. The van der Waals surface area contributed by atoms with Crippen molar-refractivity contribution in [3.8, 4) is 17.2 Å². The van der Waals surface area contributed by atoms with E-state index in [0.717, 1.165) is 36.4 Å². The molecule has 0 bridgehead atoms. The lowest BCUT2D eigenvalue weighted by Crippen LogP contribution is -2.53. The van der Waals surface area contributed by atoms with Crippen molar-refractivity contribution in [1.29, 1.82) is 0 Å². The van der Waals surface area contributed by atoms with E-state index in [1.807, 2.05) is 0 Å². The number of carbonyl (C=O) groups is 2. The van der Waals surface area contributed by atoms with Crippen LogP contribution in [0.15, 0.2) is 65.6 Å². The molecule has 1 atom stereocenters. The van der Waals surface area contributed by atoms with Crippen LogP contribution in [0.5, 0.6) is 17.2 Å². The van der Waals surface area contributed by atoms with Gasteiger partial charge in [0.15, 0.2) is 11.5 Å². The van der Waals surface area contributed by atoms with E-state index in [-0.39, 0.29) is 45.3 Å². The minimum Gasteiger partial charge on any atom is -0.495 e. The Morgan fingerprint density at radius 2 is 1.59 bits per heavy atom. The summed E-state index contributed by atoms with van der Waals surface area (Å²) >= 11 is 6.31. The number of hydrogen-bond acceptors (Lipinski definition) is 7. The molecule has 1 fully saturated rings. The summed E-state index contributed by atoms with van der Waals surface area (Å²) in [7, 11) is -0.352. The zero-order valence-electron chi connectivity index (χ0n) is 26.3. The fourth-order valence-corrected chi connectivity index (χ4v) is 7.04. The Kier molecular flexibility index (Phi) is 11.7. The fraction of sp³-hybridized carbons (Fsp3) is 0.394. The van der Waals surface area contributed by atoms with Gasteiger partial charge in [0.1, 0.15) is 24.2 Å². The zero-order valence-corrected chi connectivity index (χ0v) is 27.9. The number of methoxy groups -OCH3 is 3. The van der Waals surface area contributed by atoms with E-state index < -0.39 is 40.2 Å². The van der Waals surface area contributed by atoms with Crippen LogP contribution in [-0.4, -0.2) is 65.1 Å². The third kappa shape index (κ3) is 8.03. The summed E-state index contributed by atoms with van der Waals surface area (Å²) in [6.07, 6.45) is 4.72. The number of nitrogens with one attached hydrogen (secondary N) is 1. The van der Waals surface area contributed by atoms with Crippen LogP contribution < -0.4 is 23.8 Å². The number of halogens is 2. The minimum atomic E-state index is -4.50. The molecule has 1 aliphatic rings. The molecule has 2 amide bonds. The summed E-state index contributed by atoms with van der Waals surface area (Å²) < 4.78 is 60.5. The van der Waals surface area contributed by atoms with E-state index in [1.54, 1.807) is 13.0 Å². The van der Waals surface area contributed by atoms with Gasteiger partial charge in [-0.1, -0.05) is 49.1 Å². The maximum atomic E-state index is 14.9. The van der Waals surface area contributed by atoms with Crippen LogP contribution in [0.25, 0.3) is 0 Å². The summed E-state index contributed by atoms with van der Waals surface area (Å²) in [6, 6.07) is 13.2. The zero-order chi connectivity index (χ0) is 33.4. The molecule has 4 rings (SSSR count). The molecule has 3 aromatic rings. The molecule has 0 saturated heterocycles. The van der Waals surface area contributed by atoms with Gasteiger partial charge in [-0.3, -0.25) is 13.9 Å². The summed E-state index contributed by atoms with van der Waals surface area (Å²) in [4.78, 5) is 28.7. The van der Waals surface area contributed by atoms with Crippen LogP contribution in [0.1, 0.15) is 44.6 Å². The third-order valence-corrected chi connectivity index (χ3v) is 10.0. The Morgan fingerprint density at radius 3 is 2.24 bits per heavy atom. The summed E-state index contributed by atoms with van der Waals surface area (Å²) in [6.45, 7) is 0.509. The van der Waals surface area contributed by atoms with Crippen molar-refractivity contribution in [2.24, 2.45) is 0 Å². The van der Waals surface area contributed by atoms with Crippen LogP contribution in [0, 0.1) is 5.82 Å². The molecular formula is C33H39ClFN3O7S. The van der Waals surface area contributed by atoms with Crippen molar-refractivity contribution in [2.75, 3.05) is 32.2 Å². The van der Waals surface area contributed by atoms with Crippen molar-refractivity contribution in [2.45, 2.75) is 62.6 Å². The first kappa shape index (κ1) is 34.8. The van der Waals surface area contributed by atoms with Gasteiger partial charge in [0.25, 0.3) is 10.0 Å². The number of sulfonamides is 1. The van der Waals surface area contributed by atoms with Crippen LogP contribution >= 0.6 is 11.6 Å². The van der Waals surface area contributed by atoms with Crippen LogP contribution in [0.2, 0.25) is 5.02 Å². The molecule has 0 aliphatic heterocycles. The van der Waals surface area contributed by atoms with Crippen LogP contribution in [0.3, 0.4) is 0 Å². The molecule has 0 radical (unpaired) electrons. The predicted molar refractivity (Wildman–Crippen MR) is 174 cm³/mol. The summed E-state index contributed by atoms with van der Waals surface area (Å²) in [5.74, 6) is -1.14. The molecule has 0 spiro atoms. The SMILES string of the molecule is COc1ccc(S(=O)(=O)N(CC(=O)N(Cc2ccccc2F)C(C)C(=O)NC2CCCCC2)c2cc(Cl)ccc2OC)cc1OC. The second-order valence-electron chi connectivity index (χ2n) is 11.0. The van der Waals surface area contributed by atoms with Crippen molar-refractivity contribution in [3.63, 3.8) is 0 Å². The highest BCUT2D eigenvalue weighted by Gasteiger charge is 2.35. The number of nitrogens with zero attached hydrogens (tertiary/aromatic N) is 2. The lowest BCUT2D eigenvalue weighted by atomic mass is 9.95. The summed E-state index contributed by atoms with van der Waals surface area (Å²) in [5.41, 5.74) is 0.158. The smallest absolute Gasteiger partial charge is 0.265 e. The number of ether oxygens (including phenoxy) is 3. The second-order valence-corrected chi connectivity index (χ2v) is 13.3. The Bertz CT molecular complexity index is 1650. The monoisotopic (exact) mass is 675 g/mol. The van der Waals surface area contributed by atoms with E-state index in [9.17, 15) is 22.4 Å². The van der Waals surface area contributed by atoms with E-state index in [1.165, 1.54) is 80.8 Å². The minimum absolute atomic E-state index is 0.0108. The van der Waals surface area contributed by atoms with Gasteiger partial charge < -0.3 is 24.4 Å². The number of rotatable bonds is 13. The number of anilines is 1. The molecule has 248 valence electrons. The van der Waals surface area contributed by atoms with Crippen molar-refractivity contribution < 1.29 is 36.6 Å². The summed E-state index contributed by atoms with van der Waals surface area (Å²) in [5, 5.41) is 3.22. The molecule has 13 heteroatoms. The molecule has 0 aromatic heterocycles. The quantitative estimate of drug-likeness (QED) is 0.252. The maximum Gasteiger partial charge on any atom is 0.265 e. The molecule has 1 N–H and O–H groups in total. The van der Waals surface area contributed by atoms with Crippen LogP contribution in [0.4, 0.5) is 10.1 Å². The highest BCUT2D eigenvalue weighted by Crippen LogP contribution is 2.37. The average Bonchev–Trinajstić information content (AvgIpc) is 3.06. The molecule has 1 aliphatic carbocycles. The lowest BCUT2D eigenvalue weighted by Gasteiger charge is -2.33. The Balaban J connectivity index is 1.77. The van der Waals surface area contributed by atoms with Crippen molar-refractivity contribution in [1.82, 2.24) is 10.2 Å². The average molecular weight is 676 g/mol. The van der Waals surface area contributed by atoms with Gasteiger partial charge in [0.05, 0.1) is 31.9 Å². The maximum absolute atomic E-state index is 14.9. The van der Waals surface area contributed by atoms with Gasteiger partial charge in [0.2, 0.25) is 11.8 Å². The van der Waals surface area contributed by atoms with E-state index in [2.05, 4.69) is 5.32 Å². The standard InChI is InChI=1S/C33H39ClFN3O7S/c1-22(33(40)36-25-11-6-5-7-12-25)37(20-23-10-8-9-13-27(23)35)32(39)21-38(28-18-24(34)14-16-29(28)43-2)46(41,42)26-15-17-30(44-3)31(19-26)45-4/h8-10,13-19,22,25H,5-7,11-12,20-21H2,1-4H3,(H,36,40). The van der Waals surface area contributed by atoms with E-state index in [4.69, 9.17) is 25.8 Å². The van der Waals surface area contributed by atoms with Gasteiger partial charge in [-0.25, -0.2) is 12.8 Å². The Labute approximate surface area is 274 Å².